The van der Waals surface area contributed by atoms with Gasteiger partial charge in [0.25, 0.3) is 0 Å². The Kier molecular flexibility index (Phi) is 6.05. The van der Waals surface area contributed by atoms with Crippen molar-refractivity contribution < 1.29 is 9.84 Å². The maximum absolute atomic E-state index is 9.37. The van der Waals surface area contributed by atoms with Crippen molar-refractivity contribution in [3.8, 4) is 11.8 Å². The molecule has 2 aromatic carbocycles. The monoisotopic (exact) mass is 336 g/mol. The van der Waals surface area contributed by atoms with Crippen LogP contribution in [0.5, 0.6) is 5.75 Å². The Bertz CT molecular complexity index is 739. The van der Waals surface area contributed by atoms with E-state index in [1.54, 1.807) is 6.07 Å². The van der Waals surface area contributed by atoms with Crippen molar-refractivity contribution in [3.05, 3.63) is 65.2 Å². The van der Waals surface area contributed by atoms with E-state index in [0.717, 1.165) is 43.8 Å². The lowest BCUT2D eigenvalue weighted by atomic mass is 9.98. The zero-order valence-corrected chi connectivity index (χ0v) is 14.4. The van der Waals surface area contributed by atoms with E-state index in [-0.39, 0.29) is 6.61 Å². The minimum atomic E-state index is 0.279. The molecule has 0 amide bonds. The average molecular weight is 336 g/mol. The largest absolute Gasteiger partial charge is 0.489 e. The van der Waals surface area contributed by atoms with Crippen LogP contribution in [0.1, 0.15) is 29.5 Å². The van der Waals surface area contributed by atoms with Gasteiger partial charge in [-0.3, -0.25) is 4.90 Å². The van der Waals surface area contributed by atoms with Gasteiger partial charge in [0.2, 0.25) is 0 Å². The molecule has 2 aromatic rings. The number of rotatable bonds is 6. The van der Waals surface area contributed by atoms with Crippen LogP contribution in [0.15, 0.2) is 48.5 Å². The van der Waals surface area contributed by atoms with Crippen LogP contribution in [0.25, 0.3) is 0 Å². The van der Waals surface area contributed by atoms with E-state index in [4.69, 9.17) is 10.00 Å². The SMILES string of the molecule is N#Cc1cccc(COc2cccc(CN3CCCC(CO)C3)c2)c1. The highest BCUT2D eigenvalue weighted by Gasteiger charge is 2.19. The van der Waals surface area contributed by atoms with E-state index in [1.165, 1.54) is 5.56 Å². The number of benzene rings is 2. The summed E-state index contributed by atoms with van der Waals surface area (Å²) in [5.74, 6) is 1.25. The molecule has 4 heteroatoms. The van der Waals surface area contributed by atoms with Gasteiger partial charge in [0.1, 0.15) is 12.4 Å². The molecule has 1 aliphatic heterocycles. The van der Waals surface area contributed by atoms with E-state index >= 15 is 0 Å². The summed E-state index contributed by atoms with van der Waals surface area (Å²) >= 11 is 0. The molecule has 1 heterocycles. The average Bonchev–Trinajstić information content (AvgIpc) is 2.67. The summed E-state index contributed by atoms with van der Waals surface area (Å²) in [6.45, 7) is 3.67. The van der Waals surface area contributed by atoms with Crippen LogP contribution < -0.4 is 4.74 Å². The van der Waals surface area contributed by atoms with E-state index in [9.17, 15) is 5.11 Å². The Balaban J connectivity index is 1.58. The van der Waals surface area contributed by atoms with E-state index < -0.39 is 0 Å². The molecule has 3 rings (SSSR count). The molecule has 4 nitrogen and oxygen atoms in total. The molecule has 0 bridgehead atoms. The molecule has 0 saturated carbocycles. The van der Waals surface area contributed by atoms with Crippen LogP contribution in [-0.2, 0) is 13.2 Å². The van der Waals surface area contributed by atoms with Gasteiger partial charge < -0.3 is 9.84 Å². The lowest BCUT2D eigenvalue weighted by molar-refractivity contribution is 0.116. The third-order valence-corrected chi connectivity index (χ3v) is 4.63. The molecule has 0 radical (unpaired) electrons. The standard InChI is InChI=1S/C21H24N2O2/c22-12-17-4-1-6-19(10-17)16-25-21-8-2-5-18(11-21)13-23-9-3-7-20(14-23)15-24/h1-2,4-6,8,10-11,20,24H,3,7,9,13-16H2. The van der Waals surface area contributed by atoms with E-state index in [2.05, 4.69) is 23.1 Å². The summed E-state index contributed by atoms with van der Waals surface area (Å²) in [7, 11) is 0. The summed E-state index contributed by atoms with van der Waals surface area (Å²) in [6.07, 6.45) is 2.27. The van der Waals surface area contributed by atoms with Gasteiger partial charge in [-0.1, -0.05) is 24.3 Å². The summed E-state index contributed by atoms with van der Waals surface area (Å²) < 4.78 is 5.90. The third-order valence-electron chi connectivity index (χ3n) is 4.63. The fourth-order valence-corrected chi connectivity index (χ4v) is 3.33. The minimum Gasteiger partial charge on any atom is -0.489 e. The second-order valence-electron chi connectivity index (χ2n) is 6.67. The van der Waals surface area contributed by atoms with Gasteiger partial charge in [0, 0.05) is 19.7 Å². The van der Waals surface area contributed by atoms with Crippen LogP contribution in [0.4, 0.5) is 0 Å². The number of piperidine rings is 1. The molecule has 130 valence electrons. The van der Waals surface area contributed by atoms with Gasteiger partial charge in [-0.15, -0.1) is 0 Å². The fourth-order valence-electron chi connectivity index (χ4n) is 3.33. The second-order valence-corrected chi connectivity index (χ2v) is 6.67. The summed E-state index contributed by atoms with van der Waals surface area (Å²) in [5.41, 5.74) is 2.87. The Morgan fingerprint density at radius 3 is 2.84 bits per heavy atom. The number of likely N-dealkylation sites (tertiary alicyclic amines) is 1. The number of nitrogens with zero attached hydrogens (tertiary/aromatic N) is 2. The molecule has 0 aliphatic carbocycles. The zero-order chi connectivity index (χ0) is 17.5. The molecule has 1 aliphatic rings. The predicted molar refractivity (Wildman–Crippen MR) is 97.0 cm³/mol. The molecule has 1 saturated heterocycles. The molecule has 25 heavy (non-hydrogen) atoms. The van der Waals surface area contributed by atoms with Crippen LogP contribution in [0.3, 0.4) is 0 Å². The van der Waals surface area contributed by atoms with Crippen LogP contribution in [0.2, 0.25) is 0 Å². The number of nitriles is 1. The quantitative estimate of drug-likeness (QED) is 0.879. The molecule has 1 N–H and O–H groups in total. The number of aliphatic hydroxyl groups is 1. The van der Waals surface area contributed by atoms with Gasteiger partial charge in [-0.05, 0) is 60.7 Å². The Hall–Kier alpha value is -2.35. The highest BCUT2D eigenvalue weighted by Crippen LogP contribution is 2.21. The minimum absolute atomic E-state index is 0.279. The van der Waals surface area contributed by atoms with Crippen molar-refractivity contribution in [2.24, 2.45) is 5.92 Å². The Labute approximate surface area is 149 Å². The topological polar surface area (TPSA) is 56.5 Å². The summed E-state index contributed by atoms with van der Waals surface area (Å²) in [6, 6.07) is 17.8. The van der Waals surface area contributed by atoms with Crippen LogP contribution in [0, 0.1) is 17.2 Å². The number of hydrogen-bond donors (Lipinski definition) is 1. The molecule has 1 atom stereocenters. The van der Waals surface area contributed by atoms with Crippen molar-refractivity contribution >= 4 is 0 Å². The van der Waals surface area contributed by atoms with Crippen molar-refractivity contribution in [1.82, 2.24) is 4.90 Å². The first-order valence-electron chi connectivity index (χ1n) is 8.81. The predicted octanol–water partition coefficient (Wildman–Crippen LogP) is 3.34. The lowest BCUT2D eigenvalue weighted by Gasteiger charge is -2.31. The second kappa shape index (κ2) is 8.66. The highest BCUT2D eigenvalue weighted by molar-refractivity contribution is 5.33. The number of ether oxygens (including phenoxy) is 1. The Morgan fingerprint density at radius 1 is 1.16 bits per heavy atom. The molecule has 1 fully saturated rings. The first-order valence-corrected chi connectivity index (χ1v) is 8.81. The van der Waals surface area contributed by atoms with Gasteiger partial charge in [-0.2, -0.15) is 5.26 Å². The van der Waals surface area contributed by atoms with Gasteiger partial charge in [0.15, 0.2) is 0 Å². The number of aliphatic hydroxyl groups excluding tert-OH is 1. The fraction of sp³-hybridized carbons (Fsp3) is 0.381. The molecular weight excluding hydrogens is 312 g/mol. The Morgan fingerprint density at radius 2 is 2.00 bits per heavy atom. The third kappa shape index (κ3) is 5.06. The summed E-state index contributed by atoms with van der Waals surface area (Å²) in [5, 5.41) is 18.3. The lowest BCUT2D eigenvalue weighted by Crippen LogP contribution is -2.36. The smallest absolute Gasteiger partial charge is 0.120 e. The summed E-state index contributed by atoms with van der Waals surface area (Å²) in [4.78, 5) is 2.40. The van der Waals surface area contributed by atoms with Crippen molar-refractivity contribution in [3.63, 3.8) is 0 Å². The molecule has 1 unspecified atom stereocenters. The normalized spacial score (nSPS) is 17.8. The van der Waals surface area contributed by atoms with E-state index in [0.29, 0.717) is 18.1 Å². The van der Waals surface area contributed by atoms with Crippen molar-refractivity contribution in [2.45, 2.75) is 26.0 Å². The maximum Gasteiger partial charge on any atom is 0.120 e. The van der Waals surface area contributed by atoms with Gasteiger partial charge >= 0.3 is 0 Å². The highest BCUT2D eigenvalue weighted by atomic mass is 16.5. The van der Waals surface area contributed by atoms with Crippen molar-refractivity contribution in [1.29, 1.82) is 5.26 Å². The first kappa shape index (κ1) is 17.5. The molecule has 0 aromatic heterocycles. The van der Waals surface area contributed by atoms with Gasteiger partial charge in [-0.25, -0.2) is 0 Å². The van der Waals surface area contributed by atoms with Crippen LogP contribution in [-0.4, -0.2) is 29.7 Å². The van der Waals surface area contributed by atoms with Crippen LogP contribution >= 0.6 is 0 Å². The molecular formula is C21H24N2O2. The van der Waals surface area contributed by atoms with Gasteiger partial charge in [0.05, 0.1) is 11.6 Å². The number of hydrogen-bond acceptors (Lipinski definition) is 4. The maximum atomic E-state index is 9.37. The zero-order valence-electron chi connectivity index (χ0n) is 14.4. The first-order chi connectivity index (χ1) is 12.3. The van der Waals surface area contributed by atoms with Crippen molar-refractivity contribution in [2.75, 3.05) is 19.7 Å². The van der Waals surface area contributed by atoms with E-state index in [1.807, 2.05) is 30.3 Å². The molecule has 0 spiro atoms.